The molecule has 0 radical (unpaired) electrons. The number of hydrogen-bond acceptors (Lipinski definition) is 4. The number of imide groups is 1. The highest BCUT2D eigenvalue weighted by Crippen LogP contribution is 2.24. The van der Waals surface area contributed by atoms with Crippen molar-refractivity contribution >= 4 is 29.4 Å². The average molecular weight is 338 g/mol. The molecule has 7 nitrogen and oxygen atoms in total. The molecule has 0 atom stereocenters. The van der Waals surface area contributed by atoms with E-state index in [9.17, 15) is 19.2 Å². The molecule has 0 unspecified atom stereocenters. The maximum atomic E-state index is 12.4. The van der Waals surface area contributed by atoms with Gasteiger partial charge in [0.15, 0.2) is 0 Å². The Morgan fingerprint density at radius 1 is 1.04 bits per heavy atom. The van der Waals surface area contributed by atoms with Gasteiger partial charge in [0.2, 0.25) is 0 Å². The van der Waals surface area contributed by atoms with Crippen LogP contribution in [0.3, 0.4) is 0 Å². The third-order valence-electron chi connectivity index (χ3n) is 4.16. The van der Waals surface area contributed by atoms with Crippen LogP contribution >= 0.6 is 0 Å². The van der Waals surface area contributed by atoms with Gasteiger partial charge in [-0.1, -0.05) is 6.07 Å². The number of amides is 3. The lowest BCUT2D eigenvalue weighted by Crippen LogP contribution is -2.24. The summed E-state index contributed by atoms with van der Waals surface area (Å²) in [7, 11) is 1.38. The van der Waals surface area contributed by atoms with Crippen molar-refractivity contribution in [3.05, 3.63) is 64.2 Å². The smallest absolute Gasteiger partial charge is 0.336 e. The molecular formula is C18H14N2O5. The number of carboxylic acid groups (broad SMARTS) is 1. The van der Waals surface area contributed by atoms with E-state index in [1.165, 1.54) is 37.4 Å². The molecule has 0 bridgehead atoms. The number of anilines is 1. The average Bonchev–Trinajstić information content (AvgIpc) is 2.80. The maximum absolute atomic E-state index is 12.4. The predicted molar refractivity (Wildman–Crippen MR) is 89.0 cm³/mol. The van der Waals surface area contributed by atoms with Crippen LogP contribution in [-0.2, 0) is 0 Å². The largest absolute Gasteiger partial charge is 0.478 e. The van der Waals surface area contributed by atoms with Gasteiger partial charge in [-0.25, -0.2) is 4.79 Å². The maximum Gasteiger partial charge on any atom is 0.336 e. The Labute approximate surface area is 142 Å². The van der Waals surface area contributed by atoms with Crippen LogP contribution in [0.5, 0.6) is 0 Å². The van der Waals surface area contributed by atoms with Gasteiger partial charge in [0, 0.05) is 18.3 Å². The van der Waals surface area contributed by atoms with Gasteiger partial charge in [0.1, 0.15) is 0 Å². The fraction of sp³-hybridized carbons (Fsp3) is 0.111. The Morgan fingerprint density at radius 3 is 2.40 bits per heavy atom. The Hall–Kier alpha value is -3.48. The molecule has 0 fully saturated rings. The number of carbonyl (C=O) groups excluding carboxylic acids is 3. The van der Waals surface area contributed by atoms with E-state index >= 15 is 0 Å². The highest BCUT2D eigenvalue weighted by Gasteiger charge is 2.33. The number of benzene rings is 2. The van der Waals surface area contributed by atoms with Gasteiger partial charge in [-0.2, -0.15) is 0 Å². The summed E-state index contributed by atoms with van der Waals surface area (Å²) in [6, 6.07) is 8.83. The highest BCUT2D eigenvalue weighted by molar-refractivity contribution is 6.22. The van der Waals surface area contributed by atoms with E-state index < -0.39 is 23.7 Å². The lowest BCUT2D eigenvalue weighted by atomic mass is 10.0. The molecule has 3 amide bonds. The van der Waals surface area contributed by atoms with Crippen LogP contribution in [0, 0.1) is 6.92 Å². The highest BCUT2D eigenvalue weighted by atomic mass is 16.4. The van der Waals surface area contributed by atoms with E-state index in [1.54, 1.807) is 13.0 Å². The Morgan fingerprint density at radius 2 is 1.72 bits per heavy atom. The lowest BCUT2D eigenvalue weighted by Gasteiger charge is -2.10. The minimum absolute atomic E-state index is 0.0918. The summed E-state index contributed by atoms with van der Waals surface area (Å²) in [5.41, 5.74) is 1.52. The summed E-state index contributed by atoms with van der Waals surface area (Å²) < 4.78 is 0. The molecule has 2 aromatic rings. The van der Waals surface area contributed by atoms with Crippen molar-refractivity contribution in [3.63, 3.8) is 0 Å². The van der Waals surface area contributed by atoms with Gasteiger partial charge in [-0.05, 0) is 42.8 Å². The number of rotatable bonds is 3. The normalized spacial score (nSPS) is 13.0. The molecule has 0 spiro atoms. The summed E-state index contributed by atoms with van der Waals surface area (Å²) in [6.07, 6.45) is 0. The molecule has 0 aliphatic carbocycles. The first kappa shape index (κ1) is 16.4. The minimum Gasteiger partial charge on any atom is -0.478 e. The van der Waals surface area contributed by atoms with E-state index in [4.69, 9.17) is 5.11 Å². The van der Waals surface area contributed by atoms with Crippen LogP contribution < -0.4 is 5.32 Å². The quantitative estimate of drug-likeness (QED) is 0.835. The molecule has 1 aliphatic rings. The molecule has 0 saturated heterocycles. The zero-order chi connectivity index (χ0) is 18.3. The van der Waals surface area contributed by atoms with Crippen molar-refractivity contribution in [3.8, 4) is 0 Å². The van der Waals surface area contributed by atoms with Crippen LogP contribution in [0.4, 0.5) is 5.69 Å². The molecule has 25 heavy (non-hydrogen) atoms. The molecule has 1 aliphatic heterocycles. The van der Waals surface area contributed by atoms with E-state index in [2.05, 4.69) is 5.32 Å². The third kappa shape index (κ3) is 2.65. The molecule has 2 aromatic carbocycles. The van der Waals surface area contributed by atoms with Gasteiger partial charge in [-0.15, -0.1) is 0 Å². The van der Waals surface area contributed by atoms with Crippen LogP contribution in [0.25, 0.3) is 0 Å². The summed E-state index contributed by atoms with van der Waals surface area (Å²) in [5.74, 6) is -2.45. The second kappa shape index (κ2) is 5.86. The zero-order valence-electron chi connectivity index (χ0n) is 13.5. The molecule has 126 valence electrons. The molecule has 1 heterocycles. The van der Waals surface area contributed by atoms with E-state index in [1.807, 2.05) is 0 Å². The van der Waals surface area contributed by atoms with Gasteiger partial charge in [0.05, 0.1) is 16.7 Å². The predicted octanol–water partition coefficient (Wildman–Crippen LogP) is 2.17. The van der Waals surface area contributed by atoms with Crippen molar-refractivity contribution in [2.75, 3.05) is 12.4 Å². The molecule has 7 heteroatoms. The standard InChI is InChI=1S/C18H14N2O5/c1-9-11(18(24)25)4-3-5-14(9)19-15(21)10-6-7-12-13(8-10)17(23)20(2)16(12)22/h3-8H,1-2H3,(H,19,21)(H,24,25). The van der Waals surface area contributed by atoms with Gasteiger partial charge >= 0.3 is 5.97 Å². The van der Waals surface area contributed by atoms with Crippen molar-refractivity contribution in [2.45, 2.75) is 6.92 Å². The van der Waals surface area contributed by atoms with Crippen LogP contribution in [0.2, 0.25) is 0 Å². The Balaban J connectivity index is 1.92. The monoisotopic (exact) mass is 338 g/mol. The molecular weight excluding hydrogens is 324 g/mol. The third-order valence-corrected chi connectivity index (χ3v) is 4.16. The Kier molecular flexibility index (Phi) is 3.84. The summed E-state index contributed by atoms with van der Waals surface area (Å²) in [4.78, 5) is 48.5. The van der Waals surface area contributed by atoms with E-state index in [0.29, 0.717) is 11.3 Å². The number of nitrogens with one attached hydrogen (secondary N) is 1. The van der Waals surface area contributed by atoms with Crippen molar-refractivity contribution in [2.24, 2.45) is 0 Å². The SMILES string of the molecule is Cc1c(NC(=O)c2ccc3c(c2)C(=O)N(C)C3=O)cccc1C(=O)O. The number of nitrogens with zero attached hydrogens (tertiary/aromatic N) is 1. The van der Waals surface area contributed by atoms with Crippen molar-refractivity contribution in [1.82, 2.24) is 4.90 Å². The molecule has 2 N–H and O–H groups in total. The van der Waals surface area contributed by atoms with Gasteiger partial charge < -0.3 is 10.4 Å². The molecule has 0 aromatic heterocycles. The fourth-order valence-electron chi connectivity index (χ4n) is 2.70. The summed E-state index contributed by atoms with van der Waals surface area (Å²) >= 11 is 0. The van der Waals surface area contributed by atoms with Crippen molar-refractivity contribution in [1.29, 1.82) is 0 Å². The first-order valence-corrected chi connectivity index (χ1v) is 7.42. The molecule has 3 rings (SSSR count). The van der Waals surface area contributed by atoms with Gasteiger partial charge in [-0.3, -0.25) is 19.3 Å². The second-order valence-corrected chi connectivity index (χ2v) is 5.67. The minimum atomic E-state index is -1.08. The number of carbonyl (C=O) groups is 4. The van der Waals surface area contributed by atoms with E-state index in [-0.39, 0.29) is 22.3 Å². The van der Waals surface area contributed by atoms with Crippen LogP contribution in [-0.4, -0.2) is 40.7 Å². The topological polar surface area (TPSA) is 104 Å². The van der Waals surface area contributed by atoms with Crippen LogP contribution in [0.15, 0.2) is 36.4 Å². The number of carboxylic acids is 1. The summed E-state index contributed by atoms with van der Waals surface area (Å²) in [6.45, 7) is 1.60. The zero-order valence-corrected chi connectivity index (χ0v) is 13.5. The van der Waals surface area contributed by atoms with E-state index in [0.717, 1.165) is 4.90 Å². The summed E-state index contributed by atoms with van der Waals surface area (Å²) in [5, 5.41) is 11.8. The fourth-order valence-corrected chi connectivity index (χ4v) is 2.70. The van der Waals surface area contributed by atoms with Gasteiger partial charge in [0.25, 0.3) is 17.7 Å². The molecule has 0 saturated carbocycles. The first-order valence-electron chi connectivity index (χ1n) is 7.42. The number of aromatic carboxylic acids is 1. The second-order valence-electron chi connectivity index (χ2n) is 5.67. The van der Waals surface area contributed by atoms with Crippen LogP contribution in [0.1, 0.15) is 47.0 Å². The first-order chi connectivity index (χ1) is 11.8. The number of hydrogen-bond donors (Lipinski definition) is 2. The Bertz CT molecular complexity index is 948. The lowest BCUT2D eigenvalue weighted by molar-refractivity contribution is 0.0681. The number of fused-ring (bicyclic) bond motifs is 1. The van der Waals surface area contributed by atoms with Crippen molar-refractivity contribution < 1.29 is 24.3 Å².